The molecule has 1 fully saturated rings. The van der Waals surface area contributed by atoms with Gasteiger partial charge in [0.25, 0.3) is 0 Å². The van der Waals surface area contributed by atoms with E-state index < -0.39 is 0 Å². The number of nitrogens with zero attached hydrogens (tertiary/aromatic N) is 1. The zero-order valence-electron chi connectivity index (χ0n) is 14.9. The number of benzene rings is 2. The molecular formula is C20H22ClN3OS2. The highest BCUT2D eigenvalue weighted by atomic mass is 35.5. The predicted molar refractivity (Wildman–Crippen MR) is 120 cm³/mol. The van der Waals surface area contributed by atoms with Crippen LogP contribution < -0.4 is 15.5 Å². The Morgan fingerprint density at radius 3 is 2.85 bits per heavy atom. The Morgan fingerprint density at radius 2 is 2.07 bits per heavy atom. The second-order valence-corrected chi connectivity index (χ2v) is 8.14. The van der Waals surface area contributed by atoms with Crippen molar-refractivity contribution >= 4 is 58.0 Å². The molecule has 27 heavy (non-hydrogen) atoms. The molecule has 1 saturated heterocycles. The van der Waals surface area contributed by atoms with E-state index in [0.717, 1.165) is 53.0 Å². The Balaban J connectivity index is 1.40. The predicted octanol–water partition coefficient (Wildman–Crippen LogP) is 4.69. The van der Waals surface area contributed by atoms with Crippen LogP contribution in [0.25, 0.3) is 0 Å². The maximum Gasteiger partial charge on any atom is 0.227 e. The lowest BCUT2D eigenvalue weighted by Gasteiger charge is -2.17. The number of hydrogen-bond donors (Lipinski definition) is 2. The quantitative estimate of drug-likeness (QED) is 0.503. The first kappa shape index (κ1) is 20.0. The molecule has 0 saturated carbocycles. The lowest BCUT2D eigenvalue weighted by molar-refractivity contribution is -0.117. The number of thiocarbonyl (C=S) groups is 1. The zero-order valence-corrected chi connectivity index (χ0v) is 17.3. The molecule has 2 N–H and O–H groups in total. The summed E-state index contributed by atoms with van der Waals surface area (Å²) in [6.45, 7) is 1.55. The van der Waals surface area contributed by atoms with Gasteiger partial charge >= 0.3 is 0 Å². The van der Waals surface area contributed by atoms with Crippen LogP contribution in [0.3, 0.4) is 0 Å². The first-order chi connectivity index (χ1) is 13.1. The van der Waals surface area contributed by atoms with Crippen LogP contribution in [0.5, 0.6) is 0 Å². The monoisotopic (exact) mass is 419 g/mol. The molecule has 4 nitrogen and oxygen atoms in total. The summed E-state index contributed by atoms with van der Waals surface area (Å²) < 4.78 is 0. The van der Waals surface area contributed by atoms with E-state index in [2.05, 4.69) is 10.6 Å². The molecule has 2 aromatic rings. The van der Waals surface area contributed by atoms with Gasteiger partial charge in [-0.05, 0) is 48.5 Å². The van der Waals surface area contributed by atoms with Crippen LogP contribution in [0.1, 0.15) is 18.4 Å². The minimum Gasteiger partial charge on any atom is -0.362 e. The van der Waals surface area contributed by atoms with E-state index in [0.29, 0.717) is 11.5 Å². The number of halogens is 1. The summed E-state index contributed by atoms with van der Waals surface area (Å²) in [7, 11) is 0. The van der Waals surface area contributed by atoms with Gasteiger partial charge in [-0.2, -0.15) is 11.8 Å². The van der Waals surface area contributed by atoms with E-state index in [1.54, 1.807) is 0 Å². The van der Waals surface area contributed by atoms with Gasteiger partial charge in [0.05, 0.1) is 0 Å². The average Bonchev–Trinajstić information content (AvgIpc) is 3.09. The van der Waals surface area contributed by atoms with E-state index in [1.165, 1.54) is 0 Å². The summed E-state index contributed by atoms with van der Waals surface area (Å²) in [5.41, 5.74) is 2.95. The van der Waals surface area contributed by atoms with E-state index in [1.807, 2.05) is 65.2 Å². The fourth-order valence-corrected chi connectivity index (χ4v) is 4.25. The van der Waals surface area contributed by atoms with E-state index in [4.69, 9.17) is 23.8 Å². The van der Waals surface area contributed by atoms with Gasteiger partial charge in [-0.15, -0.1) is 0 Å². The van der Waals surface area contributed by atoms with E-state index in [9.17, 15) is 4.79 Å². The largest absolute Gasteiger partial charge is 0.362 e. The van der Waals surface area contributed by atoms with Crippen molar-refractivity contribution in [2.24, 2.45) is 0 Å². The highest BCUT2D eigenvalue weighted by Gasteiger charge is 2.21. The fourth-order valence-electron chi connectivity index (χ4n) is 2.88. The third-order valence-electron chi connectivity index (χ3n) is 4.24. The molecular weight excluding hydrogens is 398 g/mol. The molecule has 0 unspecified atom stereocenters. The molecule has 0 radical (unpaired) electrons. The van der Waals surface area contributed by atoms with Crippen molar-refractivity contribution in [3.8, 4) is 0 Å². The number of hydrogen-bond acceptors (Lipinski definition) is 3. The van der Waals surface area contributed by atoms with Gasteiger partial charge in [-0.25, -0.2) is 0 Å². The van der Waals surface area contributed by atoms with Gasteiger partial charge < -0.3 is 15.5 Å². The van der Waals surface area contributed by atoms with Gasteiger partial charge in [0.1, 0.15) is 0 Å². The number of nitrogens with one attached hydrogen (secondary N) is 2. The minimum absolute atomic E-state index is 0.184. The topological polar surface area (TPSA) is 44.4 Å². The Labute approximate surface area is 174 Å². The van der Waals surface area contributed by atoms with Crippen LogP contribution in [0.2, 0.25) is 5.02 Å². The molecule has 7 heteroatoms. The Kier molecular flexibility index (Phi) is 7.38. The van der Waals surface area contributed by atoms with Gasteiger partial charge in [-0.1, -0.05) is 35.9 Å². The summed E-state index contributed by atoms with van der Waals surface area (Å²) in [4.78, 5) is 13.7. The molecule has 0 aromatic heterocycles. The van der Waals surface area contributed by atoms with E-state index >= 15 is 0 Å². The lowest BCUT2D eigenvalue weighted by Crippen LogP contribution is -2.30. The van der Waals surface area contributed by atoms with Crippen molar-refractivity contribution in [2.45, 2.75) is 18.6 Å². The van der Waals surface area contributed by atoms with Crippen molar-refractivity contribution in [3.05, 3.63) is 59.1 Å². The lowest BCUT2D eigenvalue weighted by atomic mass is 10.2. The maximum atomic E-state index is 11.9. The standard InChI is InChI=1S/C20H22ClN3OS2/c21-18-8-2-1-5-15(18)14-27-12-10-22-20(26)23-16-6-3-7-17(13-16)24-11-4-9-19(24)25/h1-3,5-8,13H,4,9-12,14H2,(H2,22,23,26). The molecule has 0 aliphatic carbocycles. The summed E-state index contributed by atoms with van der Waals surface area (Å²) in [5.74, 6) is 1.99. The number of carbonyl (C=O) groups excluding carboxylic acids is 1. The van der Waals surface area contributed by atoms with Crippen molar-refractivity contribution in [3.63, 3.8) is 0 Å². The molecule has 0 bridgehead atoms. The number of carbonyl (C=O) groups is 1. The highest BCUT2D eigenvalue weighted by molar-refractivity contribution is 7.98. The van der Waals surface area contributed by atoms with E-state index in [-0.39, 0.29) is 5.91 Å². The summed E-state index contributed by atoms with van der Waals surface area (Å²) in [5, 5.41) is 7.80. The normalized spacial score (nSPS) is 13.7. The minimum atomic E-state index is 0.184. The molecule has 1 heterocycles. The smallest absolute Gasteiger partial charge is 0.227 e. The number of rotatable bonds is 7. The van der Waals surface area contributed by atoms with Gasteiger partial charge in [0.2, 0.25) is 5.91 Å². The Morgan fingerprint density at radius 1 is 1.22 bits per heavy atom. The summed E-state index contributed by atoms with van der Waals surface area (Å²) in [6.07, 6.45) is 1.55. The molecule has 3 rings (SSSR count). The summed E-state index contributed by atoms with van der Waals surface area (Å²) >= 11 is 13.3. The average molecular weight is 420 g/mol. The molecule has 0 spiro atoms. The van der Waals surface area contributed by atoms with Gasteiger partial charge in [0, 0.05) is 47.4 Å². The van der Waals surface area contributed by atoms with Crippen molar-refractivity contribution < 1.29 is 4.79 Å². The Bertz CT molecular complexity index is 815. The van der Waals surface area contributed by atoms with Crippen LogP contribution in [-0.4, -0.2) is 29.9 Å². The maximum absolute atomic E-state index is 11.9. The third-order valence-corrected chi connectivity index (χ3v) is 5.86. The fraction of sp³-hybridized carbons (Fsp3) is 0.300. The Hall–Kier alpha value is -1.76. The highest BCUT2D eigenvalue weighted by Crippen LogP contribution is 2.24. The van der Waals surface area contributed by atoms with Crippen LogP contribution in [0.4, 0.5) is 11.4 Å². The van der Waals surface area contributed by atoms with Crippen molar-refractivity contribution in [2.75, 3.05) is 29.1 Å². The van der Waals surface area contributed by atoms with Gasteiger partial charge in [0.15, 0.2) is 5.11 Å². The van der Waals surface area contributed by atoms with Crippen LogP contribution in [0.15, 0.2) is 48.5 Å². The number of anilines is 2. The van der Waals surface area contributed by atoms with Crippen molar-refractivity contribution in [1.29, 1.82) is 0 Å². The first-order valence-corrected chi connectivity index (χ1v) is 10.8. The SMILES string of the molecule is O=C1CCCN1c1cccc(NC(=S)NCCSCc2ccccc2Cl)c1. The van der Waals surface area contributed by atoms with Crippen LogP contribution >= 0.6 is 35.6 Å². The third kappa shape index (κ3) is 5.86. The second-order valence-electron chi connectivity index (χ2n) is 6.22. The zero-order chi connectivity index (χ0) is 19.1. The summed E-state index contributed by atoms with van der Waals surface area (Å²) in [6, 6.07) is 15.7. The number of amides is 1. The first-order valence-electron chi connectivity index (χ1n) is 8.90. The van der Waals surface area contributed by atoms with Crippen LogP contribution in [0, 0.1) is 0 Å². The van der Waals surface area contributed by atoms with Crippen molar-refractivity contribution in [1.82, 2.24) is 5.32 Å². The molecule has 142 valence electrons. The van der Waals surface area contributed by atoms with Crippen LogP contribution in [-0.2, 0) is 10.5 Å². The van der Waals surface area contributed by atoms with Gasteiger partial charge in [-0.3, -0.25) is 4.79 Å². The molecule has 1 aliphatic rings. The number of thioether (sulfide) groups is 1. The molecule has 0 atom stereocenters. The molecule has 1 aliphatic heterocycles. The molecule has 2 aromatic carbocycles. The second kappa shape index (κ2) is 9.97. The molecule has 1 amide bonds.